The van der Waals surface area contributed by atoms with Gasteiger partial charge in [0.25, 0.3) is 0 Å². The molecule has 0 saturated heterocycles. The highest BCUT2D eigenvalue weighted by Crippen LogP contribution is 2.21. The van der Waals surface area contributed by atoms with Crippen LogP contribution in [-0.4, -0.2) is 13.0 Å². The third-order valence-corrected chi connectivity index (χ3v) is 2.82. The molecule has 66 valence electrons. The van der Waals surface area contributed by atoms with Crippen LogP contribution in [0.15, 0.2) is 11.4 Å². The molecule has 1 heterocycles. The number of nitrogens with two attached hydrogens (primary N) is 1. The molecule has 1 atom stereocenters. The van der Waals surface area contributed by atoms with Crippen molar-refractivity contribution in [3.8, 4) is 0 Å². The fourth-order valence-corrected chi connectivity index (χ4v) is 1.90. The van der Waals surface area contributed by atoms with Gasteiger partial charge in [-0.2, -0.15) is 0 Å². The summed E-state index contributed by atoms with van der Waals surface area (Å²) >= 11 is 1.52. The Kier molecular flexibility index (Phi) is 2.83. The van der Waals surface area contributed by atoms with Crippen molar-refractivity contribution in [3.05, 3.63) is 21.9 Å². The van der Waals surface area contributed by atoms with Crippen LogP contribution in [0.2, 0.25) is 0 Å². The molecule has 1 amide bonds. The average molecular weight is 184 g/mol. The van der Waals surface area contributed by atoms with Crippen molar-refractivity contribution in [2.75, 3.05) is 7.05 Å². The van der Waals surface area contributed by atoms with Gasteiger partial charge in [0, 0.05) is 11.9 Å². The predicted octanol–water partition coefficient (Wildman–Crippen LogP) is 0.802. The summed E-state index contributed by atoms with van der Waals surface area (Å²) in [6, 6.07) is 1.44. The number of carbonyl (C=O) groups excluding carboxylic acids is 1. The first kappa shape index (κ1) is 9.22. The number of likely N-dealkylation sites (N-methyl/N-ethyl adjacent to an activating group) is 1. The van der Waals surface area contributed by atoms with Gasteiger partial charge in [0.05, 0.1) is 0 Å². The lowest BCUT2D eigenvalue weighted by molar-refractivity contribution is -0.121. The van der Waals surface area contributed by atoms with E-state index in [2.05, 4.69) is 5.32 Å². The minimum absolute atomic E-state index is 0.138. The van der Waals surface area contributed by atoms with Crippen molar-refractivity contribution >= 4 is 17.2 Å². The summed E-state index contributed by atoms with van der Waals surface area (Å²) in [6.45, 7) is 1.95. The van der Waals surface area contributed by atoms with E-state index in [1.165, 1.54) is 11.3 Å². The molecule has 0 aliphatic rings. The third-order valence-electron chi connectivity index (χ3n) is 1.71. The Morgan fingerprint density at radius 2 is 2.42 bits per heavy atom. The molecule has 1 aromatic heterocycles. The molecule has 0 saturated carbocycles. The van der Waals surface area contributed by atoms with Crippen molar-refractivity contribution in [1.29, 1.82) is 0 Å². The zero-order valence-corrected chi connectivity index (χ0v) is 7.94. The molecule has 0 aromatic carbocycles. The number of carbonyl (C=O) groups is 1. The number of thiophene rings is 1. The molecule has 3 nitrogen and oxygen atoms in total. The number of aryl methyl sites for hydroxylation is 1. The molecule has 0 aliphatic carbocycles. The van der Waals surface area contributed by atoms with Gasteiger partial charge in [-0.25, -0.2) is 0 Å². The van der Waals surface area contributed by atoms with Crippen LogP contribution in [0.25, 0.3) is 0 Å². The maximum atomic E-state index is 11.1. The normalized spacial score (nSPS) is 12.6. The first-order chi connectivity index (χ1) is 5.66. The smallest absolute Gasteiger partial charge is 0.242 e. The topological polar surface area (TPSA) is 55.1 Å². The van der Waals surface area contributed by atoms with Gasteiger partial charge in [0.1, 0.15) is 6.04 Å². The van der Waals surface area contributed by atoms with Gasteiger partial charge in [-0.1, -0.05) is 0 Å². The van der Waals surface area contributed by atoms with E-state index in [9.17, 15) is 4.79 Å². The van der Waals surface area contributed by atoms with Gasteiger partial charge in [-0.3, -0.25) is 4.79 Å². The van der Waals surface area contributed by atoms with Crippen molar-refractivity contribution in [2.24, 2.45) is 5.73 Å². The lowest BCUT2D eigenvalue weighted by atomic mass is 10.2. The molecule has 1 unspecified atom stereocenters. The summed E-state index contributed by atoms with van der Waals surface area (Å²) in [5, 5.41) is 4.46. The fraction of sp³-hybridized carbons (Fsp3) is 0.375. The second-order valence-corrected chi connectivity index (χ2v) is 3.51. The number of rotatable bonds is 2. The molecule has 0 aliphatic heterocycles. The quantitative estimate of drug-likeness (QED) is 0.714. The predicted molar refractivity (Wildman–Crippen MR) is 50.1 cm³/mol. The molecule has 12 heavy (non-hydrogen) atoms. The van der Waals surface area contributed by atoms with Crippen LogP contribution < -0.4 is 11.1 Å². The van der Waals surface area contributed by atoms with Crippen molar-refractivity contribution in [1.82, 2.24) is 5.32 Å². The molecular weight excluding hydrogens is 172 g/mol. The molecular formula is C8H12N2OS. The van der Waals surface area contributed by atoms with Crippen LogP contribution in [0.4, 0.5) is 0 Å². The highest BCUT2D eigenvalue weighted by Gasteiger charge is 2.16. The van der Waals surface area contributed by atoms with Crippen LogP contribution in [0, 0.1) is 6.92 Å². The fourth-order valence-electron chi connectivity index (χ4n) is 0.978. The Morgan fingerprint density at radius 3 is 2.83 bits per heavy atom. The third kappa shape index (κ3) is 1.65. The van der Waals surface area contributed by atoms with Crippen molar-refractivity contribution < 1.29 is 4.79 Å². The summed E-state index contributed by atoms with van der Waals surface area (Å²) in [7, 11) is 1.59. The number of hydrogen-bond acceptors (Lipinski definition) is 3. The van der Waals surface area contributed by atoms with E-state index in [-0.39, 0.29) is 5.91 Å². The lowest BCUT2D eigenvalue weighted by Gasteiger charge is -2.08. The SMILES string of the molecule is CNC(=O)C(N)c1sccc1C. The Bertz CT molecular complexity index is 282. The van der Waals surface area contributed by atoms with Crippen molar-refractivity contribution in [3.63, 3.8) is 0 Å². The maximum absolute atomic E-state index is 11.1. The number of hydrogen-bond donors (Lipinski definition) is 2. The molecule has 0 spiro atoms. The van der Waals surface area contributed by atoms with Crippen LogP contribution in [0.3, 0.4) is 0 Å². The van der Waals surface area contributed by atoms with E-state index >= 15 is 0 Å². The summed E-state index contributed by atoms with van der Waals surface area (Å²) in [5.41, 5.74) is 6.77. The molecule has 0 bridgehead atoms. The second kappa shape index (κ2) is 3.69. The van der Waals surface area contributed by atoms with Crippen LogP contribution in [0.1, 0.15) is 16.5 Å². The summed E-state index contributed by atoms with van der Waals surface area (Å²) in [4.78, 5) is 12.1. The second-order valence-electron chi connectivity index (χ2n) is 2.56. The standard InChI is InChI=1S/C8H12N2OS/c1-5-3-4-12-7(5)6(9)8(11)10-2/h3-4,6H,9H2,1-2H3,(H,10,11). The van der Waals surface area contributed by atoms with Gasteiger partial charge in [0.15, 0.2) is 0 Å². The Morgan fingerprint density at radius 1 is 1.75 bits per heavy atom. The number of nitrogens with one attached hydrogen (secondary N) is 1. The first-order valence-electron chi connectivity index (χ1n) is 3.68. The Labute approximate surface area is 75.6 Å². The Hall–Kier alpha value is -0.870. The van der Waals surface area contributed by atoms with Crippen LogP contribution >= 0.6 is 11.3 Å². The molecule has 0 fully saturated rings. The lowest BCUT2D eigenvalue weighted by Crippen LogP contribution is -2.31. The van der Waals surface area contributed by atoms with Crippen LogP contribution in [0.5, 0.6) is 0 Å². The monoisotopic (exact) mass is 184 g/mol. The van der Waals surface area contributed by atoms with Crippen LogP contribution in [-0.2, 0) is 4.79 Å². The zero-order valence-electron chi connectivity index (χ0n) is 7.13. The van der Waals surface area contributed by atoms with E-state index in [4.69, 9.17) is 5.73 Å². The molecule has 1 rings (SSSR count). The van der Waals surface area contributed by atoms with Gasteiger partial charge in [-0.15, -0.1) is 11.3 Å². The average Bonchev–Trinajstić information content (AvgIpc) is 2.48. The van der Waals surface area contributed by atoms with Gasteiger partial charge in [0.2, 0.25) is 5.91 Å². The van der Waals surface area contributed by atoms with E-state index < -0.39 is 6.04 Å². The van der Waals surface area contributed by atoms with Gasteiger partial charge in [-0.05, 0) is 23.9 Å². The largest absolute Gasteiger partial charge is 0.357 e. The maximum Gasteiger partial charge on any atom is 0.242 e. The molecule has 3 N–H and O–H groups in total. The van der Waals surface area contributed by atoms with E-state index in [1.807, 2.05) is 18.4 Å². The Balaban J connectivity index is 2.84. The molecule has 4 heteroatoms. The zero-order chi connectivity index (χ0) is 9.14. The highest BCUT2D eigenvalue weighted by molar-refractivity contribution is 7.10. The number of amides is 1. The molecule has 1 aromatic rings. The minimum atomic E-state index is -0.519. The van der Waals surface area contributed by atoms with Crippen molar-refractivity contribution in [2.45, 2.75) is 13.0 Å². The van der Waals surface area contributed by atoms with E-state index in [0.717, 1.165) is 10.4 Å². The highest BCUT2D eigenvalue weighted by atomic mass is 32.1. The minimum Gasteiger partial charge on any atom is -0.357 e. The summed E-state index contributed by atoms with van der Waals surface area (Å²) in [5.74, 6) is -0.138. The van der Waals surface area contributed by atoms with Gasteiger partial charge >= 0.3 is 0 Å². The summed E-state index contributed by atoms with van der Waals surface area (Å²) in [6.07, 6.45) is 0. The summed E-state index contributed by atoms with van der Waals surface area (Å²) < 4.78 is 0. The van der Waals surface area contributed by atoms with Gasteiger partial charge < -0.3 is 11.1 Å². The van der Waals surface area contributed by atoms with E-state index in [1.54, 1.807) is 7.05 Å². The van der Waals surface area contributed by atoms with E-state index in [0.29, 0.717) is 0 Å². The first-order valence-corrected chi connectivity index (χ1v) is 4.56. The molecule has 0 radical (unpaired) electrons.